The minimum Gasteiger partial charge on any atom is -0.494 e. The largest absolute Gasteiger partial charge is 0.494 e. The second-order valence-corrected chi connectivity index (χ2v) is 4.17. The number of methoxy groups -OCH3 is 1. The van der Waals surface area contributed by atoms with Gasteiger partial charge in [-0.3, -0.25) is 0 Å². The molecular formula is C14H16FNO2. The summed E-state index contributed by atoms with van der Waals surface area (Å²) in [4.78, 5) is 0. The summed E-state index contributed by atoms with van der Waals surface area (Å²) < 4.78 is 23.5. The highest BCUT2D eigenvalue weighted by Gasteiger charge is 2.09. The molecule has 2 rings (SSSR count). The first-order chi connectivity index (χ1) is 8.69. The highest BCUT2D eigenvalue weighted by Crippen LogP contribution is 2.26. The zero-order chi connectivity index (χ0) is 13.0. The van der Waals surface area contributed by atoms with Crippen LogP contribution in [0.25, 0.3) is 0 Å². The van der Waals surface area contributed by atoms with E-state index < -0.39 is 0 Å². The minimum atomic E-state index is -0.309. The van der Waals surface area contributed by atoms with Gasteiger partial charge in [0.05, 0.1) is 19.1 Å². The van der Waals surface area contributed by atoms with Crippen LogP contribution in [0.3, 0.4) is 0 Å². The molecule has 0 saturated carbocycles. The van der Waals surface area contributed by atoms with Gasteiger partial charge in [0.25, 0.3) is 0 Å². The number of benzene rings is 1. The van der Waals surface area contributed by atoms with Crippen LogP contribution in [-0.2, 0) is 6.42 Å². The van der Waals surface area contributed by atoms with Crippen LogP contribution in [0.4, 0.5) is 10.1 Å². The Bertz CT molecular complexity index is 497. The van der Waals surface area contributed by atoms with Crippen molar-refractivity contribution in [1.82, 2.24) is 0 Å². The van der Waals surface area contributed by atoms with Crippen LogP contribution in [0.2, 0.25) is 0 Å². The molecule has 1 heterocycles. The molecule has 1 N–H and O–H groups in total. The summed E-state index contributed by atoms with van der Waals surface area (Å²) in [6.07, 6.45) is 2.41. The van der Waals surface area contributed by atoms with Crippen molar-refractivity contribution in [2.45, 2.75) is 19.4 Å². The molecule has 4 heteroatoms. The van der Waals surface area contributed by atoms with E-state index in [4.69, 9.17) is 9.15 Å². The molecule has 0 spiro atoms. The van der Waals surface area contributed by atoms with E-state index in [0.717, 1.165) is 17.9 Å². The van der Waals surface area contributed by atoms with E-state index >= 15 is 0 Å². The molecule has 3 nitrogen and oxygen atoms in total. The molecule has 0 radical (unpaired) electrons. The van der Waals surface area contributed by atoms with Crippen molar-refractivity contribution in [3.8, 4) is 5.75 Å². The van der Waals surface area contributed by atoms with Crippen molar-refractivity contribution in [2.75, 3.05) is 12.4 Å². The molecule has 1 aromatic carbocycles. The Morgan fingerprint density at radius 2 is 2.22 bits per heavy atom. The van der Waals surface area contributed by atoms with Gasteiger partial charge < -0.3 is 14.5 Å². The van der Waals surface area contributed by atoms with Crippen LogP contribution in [0, 0.1) is 5.82 Å². The molecule has 96 valence electrons. The number of hydrogen-bond donors (Lipinski definition) is 1. The summed E-state index contributed by atoms with van der Waals surface area (Å²) in [6.45, 7) is 2.03. The number of hydrogen-bond acceptors (Lipinski definition) is 3. The topological polar surface area (TPSA) is 34.4 Å². The predicted molar refractivity (Wildman–Crippen MR) is 68.4 cm³/mol. The van der Waals surface area contributed by atoms with Crippen molar-refractivity contribution in [3.63, 3.8) is 0 Å². The number of rotatable bonds is 5. The molecular weight excluding hydrogens is 233 g/mol. The Morgan fingerprint density at radius 1 is 1.39 bits per heavy atom. The van der Waals surface area contributed by atoms with E-state index in [2.05, 4.69) is 5.32 Å². The van der Waals surface area contributed by atoms with E-state index in [-0.39, 0.29) is 11.9 Å². The molecule has 1 unspecified atom stereocenters. The quantitative estimate of drug-likeness (QED) is 0.881. The van der Waals surface area contributed by atoms with E-state index in [9.17, 15) is 4.39 Å². The molecule has 1 atom stereocenters. The first-order valence-electron chi connectivity index (χ1n) is 5.81. The third kappa shape index (κ3) is 3.03. The number of anilines is 1. The normalized spacial score (nSPS) is 12.2. The number of nitrogens with one attached hydrogen (secondary N) is 1. The Labute approximate surface area is 106 Å². The van der Waals surface area contributed by atoms with Crippen molar-refractivity contribution in [3.05, 3.63) is 48.2 Å². The van der Waals surface area contributed by atoms with Gasteiger partial charge in [-0.15, -0.1) is 0 Å². The number of halogens is 1. The maximum atomic E-state index is 13.1. The molecule has 0 saturated heterocycles. The van der Waals surface area contributed by atoms with Crippen LogP contribution < -0.4 is 10.1 Å². The van der Waals surface area contributed by atoms with Crippen molar-refractivity contribution in [2.24, 2.45) is 0 Å². The maximum Gasteiger partial charge on any atom is 0.144 e. The second kappa shape index (κ2) is 5.58. The van der Waals surface area contributed by atoms with Gasteiger partial charge in [-0.2, -0.15) is 0 Å². The average Bonchev–Trinajstić information content (AvgIpc) is 2.84. The van der Waals surface area contributed by atoms with Gasteiger partial charge in [-0.05, 0) is 31.2 Å². The Balaban J connectivity index is 2.04. The SMILES string of the molecule is COc1cc(F)ccc1NC(C)Cc1ccco1. The van der Waals surface area contributed by atoms with Crippen molar-refractivity contribution < 1.29 is 13.5 Å². The Hall–Kier alpha value is -1.97. The fourth-order valence-corrected chi connectivity index (χ4v) is 1.83. The van der Waals surface area contributed by atoms with Crippen LogP contribution in [0.1, 0.15) is 12.7 Å². The zero-order valence-corrected chi connectivity index (χ0v) is 10.4. The lowest BCUT2D eigenvalue weighted by Gasteiger charge is -2.16. The van der Waals surface area contributed by atoms with Gasteiger partial charge in [0, 0.05) is 18.5 Å². The number of furan rings is 1. The van der Waals surface area contributed by atoms with Crippen LogP contribution in [0.5, 0.6) is 5.75 Å². The molecule has 2 aromatic rings. The van der Waals surface area contributed by atoms with Crippen LogP contribution in [0.15, 0.2) is 41.0 Å². The maximum absolute atomic E-state index is 13.1. The second-order valence-electron chi connectivity index (χ2n) is 4.17. The first-order valence-corrected chi connectivity index (χ1v) is 5.81. The summed E-state index contributed by atoms with van der Waals surface area (Å²) in [6, 6.07) is 8.40. The number of ether oxygens (including phenoxy) is 1. The summed E-state index contributed by atoms with van der Waals surface area (Å²) >= 11 is 0. The predicted octanol–water partition coefficient (Wildman–Crippen LogP) is 3.47. The third-order valence-electron chi connectivity index (χ3n) is 2.65. The lowest BCUT2D eigenvalue weighted by atomic mass is 10.2. The van der Waals surface area contributed by atoms with Crippen molar-refractivity contribution in [1.29, 1.82) is 0 Å². The van der Waals surface area contributed by atoms with Gasteiger partial charge in [0.2, 0.25) is 0 Å². The van der Waals surface area contributed by atoms with Crippen molar-refractivity contribution >= 4 is 5.69 Å². The van der Waals surface area contributed by atoms with Gasteiger partial charge in [-0.1, -0.05) is 0 Å². The van der Waals surface area contributed by atoms with E-state index in [1.165, 1.54) is 19.2 Å². The molecule has 0 bridgehead atoms. The van der Waals surface area contributed by atoms with Gasteiger partial charge in [0.1, 0.15) is 17.3 Å². The Morgan fingerprint density at radius 3 is 2.89 bits per heavy atom. The van der Waals surface area contributed by atoms with Gasteiger partial charge in [0.15, 0.2) is 0 Å². The molecule has 0 aliphatic heterocycles. The molecule has 0 fully saturated rings. The van der Waals surface area contributed by atoms with Gasteiger partial charge in [-0.25, -0.2) is 4.39 Å². The lowest BCUT2D eigenvalue weighted by molar-refractivity contribution is 0.412. The molecule has 0 aliphatic carbocycles. The third-order valence-corrected chi connectivity index (χ3v) is 2.65. The summed E-state index contributed by atoms with van der Waals surface area (Å²) in [5, 5.41) is 3.28. The minimum absolute atomic E-state index is 0.163. The van der Waals surface area contributed by atoms with Gasteiger partial charge >= 0.3 is 0 Å². The molecule has 0 aliphatic rings. The summed E-state index contributed by atoms with van der Waals surface area (Å²) in [5.41, 5.74) is 0.776. The first kappa shape index (κ1) is 12.5. The fraction of sp³-hybridized carbons (Fsp3) is 0.286. The van der Waals surface area contributed by atoms with Crippen LogP contribution >= 0.6 is 0 Å². The van der Waals surface area contributed by atoms with E-state index in [1.807, 2.05) is 19.1 Å². The average molecular weight is 249 g/mol. The molecule has 18 heavy (non-hydrogen) atoms. The lowest BCUT2D eigenvalue weighted by Crippen LogP contribution is -2.18. The fourth-order valence-electron chi connectivity index (χ4n) is 1.83. The highest BCUT2D eigenvalue weighted by atomic mass is 19.1. The standard InChI is InChI=1S/C14H16FNO2/c1-10(8-12-4-3-7-18-12)16-13-6-5-11(15)9-14(13)17-2/h3-7,9-10,16H,8H2,1-2H3. The van der Waals surface area contributed by atoms with Crippen LogP contribution in [-0.4, -0.2) is 13.2 Å². The zero-order valence-electron chi connectivity index (χ0n) is 10.4. The van der Waals surface area contributed by atoms with E-state index in [1.54, 1.807) is 12.3 Å². The molecule has 1 aromatic heterocycles. The highest BCUT2D eigenvalue weighted by molar-refractivity contribution is 5.57. The monoisotopic (exact) mass is 249 g/mol. The Kier molecular flexibility index (Phi) is 3.87. The summed E-state index contributed by atoms with van der Waals surface area (Å²) in [7, 11) is 1.52. The molecule has 0 amide bonds. The smallest absolute Gasteiger partial charge is 0.144 e. The van der Waals surface area contributed by atoms with E-state index in [0.29, 0.717) is 5.75 Å². The summed E-state index contributed by atoms with van der Waals surface area (Å²) in [5.74, 6) is 1.11.